The molecule has 0 radical (unpaired) electrons. The van der Waals surface area contributed by atoms with E-state index in [4.69, 9.17) is 5.11 Å². The molecule has 0 aromatic heterocycles. The standard InChI is InChI=1S/C15H25NO3/c1-9(2)10(3)15(19)16-12-4-5-13(16)7-11(6-12)8-14(17)18/h9-13H,4-8H2,1-3H3,(H,17,18). The first kappa shape index (κ1) is 14.4. The van der Waals surface area contributed by atoms with Gasteiger partial charge < -0.3 is 10.0 Å². The maximum atomic E-state index is 12.5. The highest BCUT2D eigenvalue weighted by Gasteiger charge is 2.44. The average Bonchev–Trinajstić information content (AvgIpc) is 2.58. The van der Waals surface area contributed by atoms with Gasteiger partial charge in [0.25, 0.3) is 0 Å². The molecule has 2 fully saturated rings. The van der Waals surface area contributed by atoms with Crippen LogP contribution in [0.15, 0.2) is 0 Å². The van der Waals surface area contributed by atoms with E-state index < -0.39 is 5.97 Å². The summed E-state index contributed by atoms with van der Waals surface area (Å²) in [6, 6.07) is 0.577. The second-order valence-corrected chi connectivity index (χ2v) is 6.60. The van der Waals surface area contributed by atoms with Crippen LogP contribution in [0.2, 0.25) is 0 Å². The van der Waals surface area contributed by atoms with Gasteiger partial charge in [-0.25, -0.2) is 0 Å². The fraction of sp³-hybridized carbons (Fsp3) is 0.867. The van der Waals surface area contributed by atoms with E-state index in [1.165, 1.54) is 0 Å². The van der Waals surface area contributed by atoms with Crippen molar-refractivity contribution in [2.24, 2.45) is 17.8 Å². The summed E-state index contributed by atoms with van der Waals surface area (Å²) >= 11 is 0. The molecular weight excluding hydrogens is 242 g/mol. The van der Waals surface area contributed by atoms with Crippen molar-refractivity contribution in [1.29, 1.82) is 0 Å². The van der Waals surface area contributed by atoms with Crippen molar-refractivity contribution < 1.29 is 14.7 Å². The van der Waals surface area contributed by atoms with Crippen molar-refractivity contribution in [2.75, 3.05) is 0 Å². The first-order valence-corrected chi connectivity index (χ1v) is 7.44. The van der Waals surface area contributed by atoms with Gasteiger partial charge in [-0.1, -0.05) is 20.8 Å². The van der Waals surface area contributed by atoms with Crippen molar-refractivity contribution in [3.63, 3.8) is 0 Å². The van der Waals surface area contributed by atoms with E-state index in [1.54, 1.807) is 0 Å². The molecule has 2 bridgehead atoms. The van der Waals surface area contributed by atoms with Gasteiger partial charge in [-0.15, -0.1) is 0 Å². The number of carboxylic acids is 1. The molecule has 2 aliphatic rings. The Balaban J connectivity index is 2.03. The Bertz CT molecular complexity index is 352. The third-order valence-corrected chi connectivity index (χ3v) is 4.94. The maximum Gasteiger partial charge on any atom is 0.303 e. The van der Waals surface area contributed by atoms with E-state index in [0.717, 1.165) is 25.7 Å². The number of aliphatic carboxylic acids is 1. The van der Waals surface area contributed by atoms with Crippen LogP contribution >= 0.6 is 0 Å². The molecule has 1 amide bonds. The maximum absolute atomic E-state index is 12.5. The second kappa shape index (κ2) is 5.51. The molecule has 0 spiro atoms. The van der Waals surface area contributed by atoms with E-state index in [1.807, 2.05) is 6.92 Å². The Morgan fingerprint density at radius 1 is 1.16 bits per heavy atom. The van der Waals surface area contributed by atoms with Crippen LogP contribution in [0.3, 0.4) is 0 Å². The van der Waals surface area contributed by atoms with Crippen LogP contribution in [0.5, 0.6) is 0 Å². The predicted molar refractivity (Wildman–Crippen MR) is 72.6 cm³/mol. The van der Waals surface area contributed by atoms with E-state index in [9.17, 15) is 9.59 Å². The first-order chi connectivity index (χ1) is 8.90. The number of hydrogen-bond acceptors (Lipinski definition) is 2. The van der Waals surface area contributed by atoms with Crippen LogP contribution < -0.4 is 0 Å². The first-order valence-electron chi connectivity index (χ1n) is 7.44. The summed E-state index contributed by atoms with van der Waals surface area (Å²) in [6.07, 6.45) is 4.11. The van der Waals surface area contributed by atoms with E-state index in [2.05, 4.69) is 18.7 Å². The Kier molecular flexibility index (Phi) is 4.16. The quantitative estimate of drug-likeness (QED) is 0.851. The molecule has 2 saturated heterocycles. The molecule has 0 aromatic rings. The van der Waals surface area contributed by atoms with Gasteiger partial charge in [0.2, 0.25) is 5.91 Å². The molecule has 2 aliphatic heterocycles. The van der Waals surface area contributed by atoms with Crippen LogP contribution in [-0.4, -0.2) is 34.0 Å². The largest absolute Gasteiger partial charge is 0.481 e. The third kappa shape index (κ3) is 2.93. The number of carbonyl (C=O) groups excluding carboxylic acids is 1. The second-order valence-electron chi connectivity index (χ2n) is 6.60. The zero-order valence-electron chi connectivity index (χ0n) is 12.1. The number of piperidine rings is 1. The predicted octanol–water partition coefficient (Wildman–Crippen LogP) is 2.52. The topological polar surface area (TPSA) is 57.6 Å². The summed E-state index contributed by atoms with van der Waals surface area (Å²) in [5.41, 5.74) is 0. The van der Waals surface area contributed by atoms with E-state index in [0.29, 0.717) is 5.92 Å². The number of nitrogens with zero attached hydrogens (tertiary/aromatic N) is 1. The van der Waals surface area contributed by atoms with Crippen LogP contribution in [0.1, 0.15) is 52.9 Å². The fourth-order valence-corrected chi connectivity index (χ4v) is 3.58. The summed E-state index contributed by atoms with van der Waals surface area (Å²) in [7, 11) is 0. The minimum Gasteiger partial charge on any atom is -0.481 e. The molecule has 0 aliphatic carbocycles. The van der Waals surface area contributed by atoms with E-state index >= 15 is 0 Å². The summed E-state index contributed by atoms with van der Waals surface area (Å²) in [6.45, 7) is 6.18. The molecule has 4 heteroatoms. The van der Waals surface area contributed by atoms with Gasteiger partial charge in [0.15, 0.2) is 0 Å². The number of carboxylic acid groups (broad SMARTS) is 1. The van der Waals surface area contributed by atoms with Gasteiger partial charge in [0.1, 0.15) is 0 Å². The monoisotopic (exact) mass is 267 g/mol. The SMILES string of the molecule is CC(C)C(C)C(=O)N1C2CCC1CC(CC(=O)O)C2. The van der Waals surface area contributed by atoms with Crippen molar-refractivity contribution >= 4 is 11.9 Å². The smallest absolute Gasteiger partial charge is 0.303 e. The van der Waals surface area contributed by atoms with Gasteiger partial charge in [-0.3, -0.25) is 9.59 Å². The Hall–Kier alpha value is -1.06. The lowest BCUT2D eigenvalue weighted by atomic mass is 9.86. The molecule has 0 saturated carbocycles. The summed E-state index contributed by atoms with van der Waals surface area (Å²) < 4.78 is 0. The minimum absolute atomic E-state index is 0.0686. The lowest BCUT2D eigenvalue weighted by Gasteiger charge is -2.40. The third-order valence-electron chi connectivity index (χ3n) is 4.94. The normalized spacial score (nSPS) is 31.6. The highest BCUT2D eigenvalue weighted by Crippen LogP contribution is 2.41. The minimum atomic E-state index is -0.709. The van der Waals surface area contributed by atoms with Gasteiger partial charge in [-0.05, 0) is 37.5 Å². The van der Waals surface area contributed by atoms with E-state index in [-0.39, 0.29) is 36.2 Å². The highest BCUT2D eigenvalue weighted by molar-refractivity contribution is 5.80. The number of rotatable bonds is 4. The van der Waals surface area contributed by atoms with Crippen molar-refractivity contribution in [3.05, 3.63) is 0 Å². The molecule has 1 N–H and O–H groups in total. The van der Waals surface area contributed by atoms with Gasteiger partial charge >= 0.3 is 5.97 Å². The zero-order chi connectivity index (χ0) is 14.2. The Morgan fingerprint density at radius 3 is 2.11 bits per heavy atom. The molecule has 2 heterocycles. The van der Waals surface area contributed by atoms with Crippen molar-refractivity contribution in [1.82, 2.24) is 4.90 Å². The van der Waals surface area contributed by atoms with Crippen LogP contribution in [-0.2, 0) is 9.59 Å². The molecule has 0 aromatic carbocycles. The molecule has 3 unspecified atom stereocenters. The number of carbonyl (C=O) groups is 2. The summed E-state index contributed by atoms with van der Waals surface area (Å²) in [5, 5.41) is 8.91. The average molecular weight is 267 g/mol. The van der Waals surface area contributed by atoms with Crippen LogP contribution in [0.25, 0.3) is 0 Å². The molecule has 3 atom stereocenters. The zero-order valence-corrected chi connectivity index (χ0v) is 12.1. The fourth-order valence-electron chi connectivity index (χ4n) is 3.58. The van der Waals surface area contributed by atoms with Crippen LogP contribution in [0, 0.1) is 17.8 Å². The lowest BCUT2D eigenvalue weighted by Crippen LogP contribution is -2.49. The van der Waals surface area contributed by atoms with Gasteiger partial charge in [-0.2, -0.15) is 0 Å². The number of fused-ring (bicyclic) bond motifs is 2. The molecule has 19 heavy (non-hydrogen) atoms. The molecule has 2 rings (SSSR count). The molecule has 4 nitrogen and oxygen atoms in total. The summed E-state index contributed by atoms with van der Waals surface area (Å²) in [4.78, 5) is 25.5. The van der Waals surface area contributed by atoms with Crippen molar-refractivity contribution in [3.8, 4) is 0 Å². The van der Waals surface area contributed by atoms with Crippen LogP contribution in [0.4, 0.5) is 0 Å². The molecular formula is C15H25NO3. The Morgan fingerprint density at radius 2 is 1.68 bits per heavy atom. The summed E-state index contributed by atoms with van der Waals surface area (Å²) in [5.74, 6) is 0.257. The molecule has 108 valence electrons. The number of hydrogen-bond donors (Lipinski definition) is 1. The number of amides is 1. The Labute approximate surface area is 115 Å². The highest BCUT2D eigenvalue weighted by atomic mass is 16.4. The van der Waals surface area contributed by atoms with Crippen molar-refractivity contribution in [2.45, 2.75) is 65.0 Å². The lowest BCUT2D eigenvalue weighted by molar-refractivity contribution is -0.143. The van der Waals surface area contributed by atoms with Gasteiger partial charge in [0.05, 0.1) is 0 Å². The van der Waals surface area contributed by atoms with Gasteiger partial charge in [0, 0.05) is 24.4 Å².